The van der Waals surface area contributed by atoms with Crippen LogP contribution in [0.5, 0.6) is 11.5 Å². The first-order valence-corrected chi connectivity index (χ1v) is 16.8. The highest BCUT2D eigenvalue weighted by atomic mass is 32.1. The molecule has 7 rings (SSSR count). The van der Waals surface area contributed by atoms with E-state index < -0.39 is 0 Å². The number of ether oxygens (including phenoxy) is 1. The molecule has 240 valence electrons. The van der Waals surface area contributed by atoms with Crippen LogP contribution in [0.3, 0.4) is 0 Å². The van der Waals surface area contributed by atoms with Crippen molar-refractivity contribution in [1.82, 2.24) is 15.2 Å². The van der Waals surface area contributed by atoms with Crippen molar-refractivity contribution in [2.45, 2.75) is 52.5 Å². The predicted molar refractivity (Wildman–Crippen MR) is 183 cm³/mol. The summed E-state index contributed by atoms with van der Waals surface area (Å²) >= 11 is 1.22. The number of nitrogens with zero attached hydrogens (tertiary/aromatic N) is 4. The smallest absolute Gasteiger partial charge is 0.331 e. The SMILES string of the molecule is CC.Cc1cc(Oc2ccccc2)ccc1N1C(=O)Nc2c(C(=O)N[C@@H]3CCCN(C(=O)/C(C#N)=C/C4CC4)C3)sc3nccc1c23. The number of nitrogens with one attached hydrogen (secondary N) is 2. The molecule has 1 saturated carbocycles. The number of benzene rings is 2. The van der Waals surface area contributed by atoms with Crippen LogP contribution >= 0.6 is 11.3 Å². The van der Waals surface area contributed by atoms with Gasteiger partial charge in [0.15, 0.2) is 0 Å². The fourth-order valence-electron chi connectivity index (χ4n) is 5.91. The second-order valence-corrected chi connectivity index (χ2v) is 12.5. The zero-order chi connectivity index (χ0) is 33.1. The Morgan fingerprint density at radius 2 is 1.87 bits per heavy atom. The Balaban J connectivity index is 0.00000190. The number of aromatic nitrogens is 1. The molecule has 47 heavy (non-hydrogen) atoms. The molecule has 2 aromatic heterocycles. The van der Waals surface area contributed by atoms with Gasteiger partial charge in [0.1, 0.15) is 32.8 Å². The number of allylic oxidation sites excluding steroid dienone is 1. The van der Waals surface area contributed by atoms with E-state index in [1.807, 2.05) is 69.3 Å². The van der Waals surface area contributed by atoms with E-state index in [4.69, 9.17) is 4.74 Å². The average molecular weight is 649 g/mol. The summed E-state index contributed by atoms with van der Waals surface area (Å²) in [5, 5.41) is 16.2. The summed E-state index contributed by atoms with van der Waals surface area (Å²) < 4.78 is 5.98. The fourth-order valence-corrected chi connectivity index (χ4v) is 6.93. The standard InChI is InChI=1S/C34H30N6O4S.C2H6/c1-20-16-25(44-24-7-3-2-4-8-24)11-12-26(20)40-27-13-14-36-32-28(27)29(38-34(40)43)30(45-32)31(41)37-23-6-5-15-39(19-23)33(42)22(18-35)17-21-9-10-21;1-2/h2-4,7-8,11-14,16-17,21,23H,5-6,9-10,15,19H2,1H3,(H,37,41)(H,38,43);1-2H3/b22-17+;/t23-;/m1./s1. The van der Waals surface area contributed by atoms with Crippen LogP contribution in [0.2, 0.25) is 0 Å². The van der Waals surface area contributed by atoms with Crippen molar-refractivity contribution in [3.05, 3.63) is 82.9 Å². The van der Waals surface area contributed by atoms with E-state index in [9.17, 15) is 19.6 Å². The van der Waals surface area contributed by atoms with Crippen LogP contribution in [0.1, 0.15) is 54.8 Å². The number of nitriles is 1. The molecule has 2 aliphatic heterocycles. The first-order valence-electron chi connectivity index (χ1n) is 16.0. The Hall–Kier alpha value is -5.21. The molecule has 4 heterocycles. The minimum Gasteiger partial charge on any atom is -0.457 e. The van der Waals surface area contributed by atoms with Crippen molar-refractivity contribution < 1.29 is 19.1 Å². The molecule has 1 saturated heterocycles. The number of pyridine rings is 1. The molecule has 3 aliphatic rings. The van der Waals surface area contributed by atoms with Crippen molar-refractivity contribution in [3.63, 3.8) is 0 Å². The number of hydrogen-bond acceptors (Lipinski definition) is 7. The van der Waals surface area contributed by atoms with E-state index in [1.165, 1.54) is 11.3 Å². The molecular formula is C36H36N6O4S. The third-order valence-electron chi connectivity index (χ3n) is 8.26. The zero-order valence-electron chi connectivity index (χ0n) is 26.6. The number of piperidine rings is 1. The van der Waals surface area contributed by atoms with Crippen molar-refractivity contribution in [3.8, 4) is 17.6 Å². The lowest BCUT2D eigenvalue weighted by Gasteiger charge is -2.33. The van der Waals surface area contributed by atoms with Gasteiger partial charge in [-0.25, -0.2) is 9.78 Å². The Kier molecular flexibility index (Phi) is 9.22. The molecule has 0 radical (unpaired) electrons. The van der Waals surface area contributed by atoms with Crippen LogP contribution in [0.4, 0.5) is 21.9 Å². The second kappa shape index (κ2) is 13.6. The van der Waals surface area contributed by atoms with Gasteiger partial charge in [-0.05, 0) is 80.5 Å². The molecule has 10 nitrogen and oxygen atoms in total. The monoisotopic (exact) mass is 648 g/mol. The number of urea groups is 1. The Labute approximate surface area is 277 Å². The second-order valence-electron chi connectivity index (χ2n) is 11.5. The Morgan fingerprint density at radius 1 is 1.09 bits per heavy atom. The summed E-state index contributed by atoms with van der Waals surface area (Å²) in [4.78, 5) is 49.1. The number of aryl methyl sites for hydroxylation is 1. The third kappa shape index (κ3) is 6.55. The lowest BCUT2D eigenvalue weighted by atomic mass is 10.0. The van der Waals surface area contributed by atoms with Gasteiger partial charge in [-0.3, -0.25) is 14.5 Å². The average Bonchev–Trinajstić information content (AvgIpc) is 3.84. The highest BCUT2D eigenvalue weighted by Crippen LogP contribution is 2.46. The van der Waals surface area contributed by atoms with Crippen LogP contribution in [-0.2, 0) is 4.79 Å². The van der Waals surface area contributed by atoms with Gasteiger partial charge in [0.2, 0.25) is 0 Å². The first-order chi connectivity index (χ1) is 22.9. The quantitative estimate of drug-likeness (QED) is 0.156. The van der Waals surface area contributed by atoms with E-state index in [0.29, 0.717) is 69.8 Å². The number of carbonyl (C=O) groups is 3. The largest absolute Gasteiger partial charge is 0.457 e. The number of amides is 4. The summed E-state index contributed by atoms with van der Waals surface area (Å²) in [5.41, 5.74) is 2.76. The van der Waals surface area contributed by atoms with Gasteiger partial charge in [0.05, 0.1) is 22.4 Å². The summed E-state index contributed by atoms with van der Waals surface area (Å²) in [6.45, 7) is 6.78. The maximum Gasteiger partial charge on any atom is 0.331 e. The van der Waals surface area contributed by atoms with Crippen molar-refractivity contribution in [2.24, 2.45) is 5.92 Å². The molecule has 2 fully saturated rings. The minimum atomic E-state index is -0.386. The summed E-state index contributed by atoms with van der Waals surface area (Å²) in [7, 11) is 0. The highest BCUT2D eigenvalue weighted by molar-refractivity contribution is 7.21. The molecule has 1 atom stereocenters. The number of para-hydroxylation sites is 1. The van der Waals surface area contributed by atoms with Crippen LogP contribution in [0, 0.1) is 24.2 Å². The first kappa shape index (κ1) is 31.8. The molecule has 0 spiro atoms. The van der Waals surface area contributed by atoms with Gasteiger partial charge in [0, 0.05) is 25.3 Å². The summed E-state index contributed by atoms with van der Waals surface area (Å²) in [6, 6.07) is 18.2. The highest BCUT2D eigenvalue weighted by Gasteiger charge is 2.35. The number of likely N-dealkylation sites (tertiary alicyclic amines) is 1. The van der Waals surface area contributed by atoms with Gasteiger partial charge in [0.25, 0.3) is 11.8 Å². The van der Waals surface area contributed by atoms with Gasteiger partial charge < -0.3 is 20.3 Å². The molecule has 1 aliphatic carbocycles. The summed E-state index contributed by atoms with van der Waals surface area (Å²) in [5.74, 6) is 1.07. The van der Waals surface area contributed by atoms with E-state index in [-0.39, 0.29) is 29.5 Å². The van der Waals surface area contributed by atoms with Crippen molar-refractivity contribution in [2.75, 3.05) is 23.3 Å². The number of rotatable bonds is 7. The molecule has 0 unspecified atom stereocenters. The Bertz CT molecular complexity index is 1910. The third-order valence-corrected chi connectivity index (χ3v) is 9.36. The number of anilines is 3. The van der Waals surface area contributed by atoms with Gasteiger partial charge >= 0.3 is 6.03 Å². The summed E-state index contributed by atoms with van der Waals surface area (Å²) in [6.07, 6.45) is 6.85. The fraction of sp³-hybridized carbons (Fsp3) is 0.306. The normalized spacial score (nSPS) is 17.3. The van der Waals surface area contributed by atoms with E-state index in [1.54, 1.807) is 28.1 Å². The van der Waals surface area contributed by atoms with E-state index in [0.717, 1.165) is 24.2 Å². The maximum atomic E-state index is 13.6. The lowest BCUT2D eigenvalue weighted by Crippen LogP contribution is -2.50. The van der Waals surface area contributed by atoms with Crippen LogP contribution in [-0.4, -0.2) is 46.9 Å². The molecular weight excluding hydrogens is 613 g/mol. The molecule has 2 aromatic carbocycles. The van der Waals surface area contributed by atoms with Gasteiger partial charge in [-0.2, -0.15) is 5.26 Å². The molecule has 0 bridgehead atoms. The van der Waals surface area contributed by atoms with Crippen LogP contribution in [0.15, 0.2) is 72.4 Å². The van der Waals surface area contributed by atoms with Crippen LogP contribution < -0.4 is 20.3 Å². The van der Waals surface area contributed by atoms with Crippen molar-refractivity contribution in [1.29, 1.82) is 5.26 Å². The maximum absolute atomic E-state index is 13.6. The minimum absolute atomic E-state index is 0.179. The number of hydrogen-bond donors (Lipinski definition) is 2. The Morgan fingerprint density at radius 3 is 2.60 bits per heavy atom. The molecule has 4 amide bonds. The molecule has 11 heteroatoms. The van der Waals surface area contributed by atoms with Crippen LogP contribution in [0.25, 0.3) is 10.2 Å². The van der Waals surface area contributed by atoms with E-state index in [2.05, 4.69) is 21.7 Å². The number of thiophene rings is 1. The molecule has 4 aromatic rings. The van der Waals surface area contributed by atoms with Gasteiger partial charge in [-0.15, -0.1) is 11.3 Å². The van der Waals surface area contributed by atoms with E-state index >= 15 is 0 Å². The lowest BCUT2D eigenvalue weighted by molar-refractivity contribution is -0.128. The van der Waals surface area contributed by atoms with Gasteiger partial charge in [-0.1, -0.05) is 38.1 Å². The zero-order valence-corrected chi connectivity index (χ0v) is 27.4. The van der Waals surface area contributed by atoms with Crippen molar-refractivity contribution >= 4 is 56.5 Å². The number of carbonyl (C=O) groups excluding carboxylic acids is 3. The predicted octanol–water partition coefficient (Wildman–Crippen LogP) is 7.69. The topological polar surface area (TPSA) is 128 Å². The molecule has 2 N–H and O–H groups in total.